The number of thiazole rings is 1. The van der Waals surface area contributed by atoms with E-state index >= 15 is 0 Å². The van der Waals surface area contributed by atoms with E-state index in [1.54, 1.807) is 0 Å². The van der Waals surface area contributed by atoms with E-state index in [4.69, 9.17) is 15.5 Å². The molecule has 1 aromatic heterocycles. The van der Waals surface area contributed by atoms with Crippen molar-refractivity contribution in [3.63, 3.8) is 0 Å². The van der Waals surface area contributed by atoms with E-state index in [1.165, 1.54) is 42.0 Å². The fraction of sp³-hybridized carbons (Fsp3) is 0.471. The quantitative estimate of drug-likeness (QED) is 0.836. The van der Waals surface area contributed by atoms with Crippen LogP contribution in [0.3, 0.4) is 0 Å². The molecule has 0 radical (unpaired) electrons. The number of anilines is 1. The Bertz CT molecular complexity index is 603. The molecule has 0 aliphatic heterocycles. The van der Waals surface area contributed by atoms with Crippen molar-refractivity contribution in [2.75, 3.05) is 5.73 Å². The number of rotatable bonds is 4. The molecule has 21 heavy (non-hydrogen) atoms. The van der Waals surface area contributed by atoms with Crippen molar-refractivity contribution in [1.29, 1.82) is 0 Å². The van der Waals surface area contributed by atoms with Gasteiger partial charge < -0.3 is 10.5 Å². The second-order valence-corrected chi connectivity index (χ2v) is 6.87. The summed E-state index contributed by atoms with van der Waals surface area (Å²) in [6.45, 7) is 2.67. The van der Waals surface area contributed by atoms with Gasteiger partial charge in [-0.1, -0.05) is 25.3 Å². The molecule has 0 atom stereocenters. The number of benzene rings is 1. The summed E-state index contributed by atoms with van der Waals surface area (Å²) in [5.74, 6) is 1.49. The molecule has 112 valence electrons. The molecular weight excluding hydrogens is 280 g/mol. The Morgan fingerprint density at radius 1 is 1.29 bits per heavy atom. The van der Waals surface area contributed by atoms with Gasteiger partial charge in [-0.3, -0.25) is 0 Å². The van der Waals surface area contributed by atoms with Crippen molar-refractivity contribution in [2.45, 2.75) is 51.6 Å². The highest BCUT2D eigenvalue weighted by Gasteiger charge is 2.20. The molecule has 0 bridgehead atoms. The van der Waals surface area contributed by atoms with Gasteiger partial charge in [-0.25, -0.2) is 4.98 Å². The first-order chi connectivity index (χ1) is 10.2. The normalized spacial score (nSPS) is 16.0. The van der Waals surface area contributed by atoms with Gasteiger partial charge in [0.05, 0.1) is 15.6 Å². The van der Waals surface area contributed by atoms with Gasteiger partial charge in [-0.15, -0.1) is 11.3 Å². The molecule has 1 aliphatic rings. The Morgan fingerprint density at radius 2 is 2.10 bits per heavy atom. The number of nitrogens with two attached hydrogens (primary N) is 1. The van der Waals surface area contributed by atoms with Crippen molar-refractivity contribution in [2.24, 2.45) is 0 Å². The lowest BCUT2D eigenvalue weighted by molar-refractivity contribution is 0.309. The molecule has 2 aromatic rings. The molecule has 0 saturated heterocycles. The van der Waals surface area contributed by atoms with Crippen LogP contribution in [0.5, 0.6) is 5.75 Å². The summed E-state index contributed by atoms with van der Waals surface area (Å²) in [5.41, 5.74) is 7.62. The fourth-order valence-corrected chi connectivity index (χ4v) is 4.01. The van der Waals surface area contributed by atoms with Gasteiger partial charge in [-0.2, -0.15) is 0 Å². The first kappa shape index (κ1) is 14.4. The number of nitrogen functional groups attached to an aromatic ring is 1. The van der Waals surface area contributed by atoms with Gasteiger partial charge in [0.1, 0.15) is 12.4 Å². The van der Waals surface area contributed by atoms with E-state index in [1.807, 2.05) is 35.6 Å². The number of aryl methyl sites for hydroxylation is 1. The summed E-state index contributed by atoms with van der Waals surface area (Å²) >= 11 is 1.82. The van der Waals surface area contributed by atoms with E-state index in [9.17, 15) is 0 Å². The zero-order valence-electron chi connectivity index (χ0n) is 12.5. The van der Waals surface area contributed by atoms with Gasteiger partial charge in [0.15, 0.2) is 0 Å². The van der Waals surface area contributed by atoms with Crippen LogP contribution in [-0.2, 0) is 6.61 Å². The number of aromatic nitrogens is 1. The van der Waals surface area contributed by atoms with Gasteiger partial charge in [0.2, 0.25) is 0 Å². The van der Waals surface area contributed by atoms with E-state index in [0.717, 1.165) is 17.1 Å². The number of ether oxygens (including phenoxy) is 1. The highest BCUT2D eigenvalue weighted by Crippen LogP contribution is 2.36. The van der Waals surface area contributed by atoms with Crippen LogP contribution in [-0.4, -0.2) is 4.98 Å². The Balaban J connectivity index is 1.66. The van der Waals surface area contributed by atoms with Crippen molar-refractivity contribution < 1.29 is 4.74 Å². The Morgan fingerprint density at radius 3 is 2.86 bits per heavy atom. The van der Waals surface area contributed by atoms with Crippen LogP contribution in [0.25, 0.3) is 0 Å². The number of hydrogen-bond donors (Lipinski definition) is 1. The van der Waals surface area contributed by atoms with Crippen LogP contribution in [0.2, 0.25) is 0 Å². The minimum Gasteiger partial charge on any atom is -0.488 e. The maximum absolute atomic E-state index is 5.84. The van der Waals surface area contributed by atoms with Crippen LogP contribution in [0, 0.1) is 6.92 Å². The SMILES string of the molecule is Cc1nc(C2CCCCC2)sc1COc1cccc(N)c1. The zero-order valence-corrected chi connectivity index (χ0v) is 13.3. The molecule has 1 fully saturated rings. The largest absolute Gasteiger partial charge is 0.488 e. The molecule has 1 aromatic carbocycles. The zero-order chi connectivity index (χ0) is 14.7. The Kier molecular flexibility index (Phi) is 4.44. The van der Waals surface area contributed by atoms with Crippen LogP contribution < -0.4 is 10.5 Å². The van der Waals surface area contributed by atoms with Crippen LogP contribution in [0.15, 0.2) is 24.3 Å². The first-order valence-electron chi connectivity index (χ1n) is 7.67. The highest BCUT2D eigenvalue weighted by molar-refractivity contribution is 7.11. The van der Waals surface area contributed by atoms with E-state index in [2.05, 4.69) is 6.92 Å². The van der Waals surface area contributed by atoms with Gasteiger partial charge in [0.25, 0.3) is 0 Å². The first-order valence-corrected chi connectivity index (χ1v) is 8.48. The molecular formula is C17H22N2OS. The average Bonchev–Trinajstić information content (AvgIpc) is 2.87. The van der Waals surface area contributed by atoms with Crippen LogP contribution in [0.4, 0.5) is 5.69 Å². The van der Waals surface area contributed by atoms with Crippen molar-refractivity contribution in [1.82, 2.24) is 4.98 Å². The summed E-state index contributed by atoms with van der Waals surface area (Å²) in [6, 6.07) is 7.58. The van der Waals surface area contributed by atoms with E-state index in [-0.39, 0.29) is 0 Å². The second-order valence-electron chi connectivity index (χ2n) is 5.76. The Labute approximate surface area is 130 Å². The van der Waals surface area contributed by atoms with Crippen molar-refractivity contribution in [3.05, 3.63) is 39.8 Å². The summed E-state index contributed by atoms with van der Waals surface area (Å²) < 4.78 is 5.84. The highest BCUT2D eigenvalue weighted by atomic mass is 32.1. The molecule has 0 amide bonds. The van der Waals surface area contributed by atoms with E-state index in [0.29, 0.717) is 12.5 Å². The standard InChI is InChI=1S/C17H22N2OS/c1-12-16(11-20-15-9-5-8-14(18)10-15)21-17(19-12)13-6-3-2-4-7-13/h5,8-10,13H,2-4,6-7,11,18H2,1H3. The number of nitrogens with zero attached hydrogens (tertiary/aromatic N) is 1. The number of hydrogen-bond acceptors (Lipinski definition) is 4. The third-order valence-electron chi connectivity index (χ3n) is 4.09. The molecule has 2 N–H and O–H groups in total. The monoisotopic (exact) mass is 302 g/mol. The molecule has 1 heterocycles. The van der Waals surface area contributed by atoms with Gasteiger partial charge in [0, 0.05) is 17.7 Å². The molecule has 1 saturated carbocycles. The molecule has 3 nitrogen and oxygen atoms in total. The molecule has 4 heteroatoms. The van der Waals surface area contributed by atoms with Gasteiger partial charge in [-0.05, 0) is 31.9 Å². The van der Waals surface area contributed by atoms with Gasteiger partial charge >= 0.3 is 0 Å². The van der Waals surface area contributed by atoms with Crippen molar-refractivity contribution in [3.8, 4) is 5.75 Å². The summed E-state index contributed by atoms with van der Waals surface area (Å²) in [5, 5.41) is 1.30. The van der Waals surface area contributed by atoms with Crippen molar-refractivity contribution >= 4 is 17.0 Å². The average molecular weight is 302 g/mol. The maximum Gasteiger partial charge on any atom is 0.124 e. The minimum absolute atomic E-state index is 0.583. The lowest BCUT2D eigenvalue weighted by atomic mass is 9.90. The van der Waals surface area contributed by atoms with E-state index < -0.39 is 0 Å². The molecule has 0 unspecified atom stereocenters. The summed E-state index contributed by atoms with van der Waals surface area (Å²) in [7, 11) is 0. The van der Waals surface area contributed by atoms with Crippen LogP contribution >= 0.6 is 11.3 Å². The second kappa shape index (κ2) is 6.48. The summed E-state index contributed by atoms with van der Waals surface area (Å²) in [6.07, 6.45) is 6.66. The maximum atomic E-state index is 5.84. The fourth-order valence-electron chi connectivity index (χ4n) is 2.86. The third kappa shape index (κ3) is 3.56. The third-order valence-corrected chi connectivity index (χ3v) is 5.39. The smallest absolute Gasteiger partial charge is 0.124 e. The topological polar surface area (TPSA) is 48.1 Å². The molecule has 3 rings (SSSR count). The molecule has 1 aliphatic carbocycles. The Hall–Kier alpha value is -1.55. The van der Waals surface area contributed by atoms with Crippen LogP contribution in [0.1, 0.15) is 53.6 Å². The predicted octanol–water partition coefficient (Wildman–Crippen LogP) is 4.66. The summed E-state index contributed by atoms with van der Waals surface area (Å²) in [4.78, 5) is 6.01. The predicted molar refractivity (Wildman–Crippen MR) is 87.9 cm³/mol. The minimum atomic E-state index is 0.583. The lowest BCUT2D eigenvalue weighted by Gasteiger charge is -2.18. The lowest BCUT2D eigenvalue weighted by Crippen LogP contribution is -2.03. The molecule has 0 spiro atoms.